The minimum Gasteiger partial charge on any atom is -0.353 e. The van der Waals surface area contributed by atoms with Crippen LogP contribution in [0.5, 0.6) is 0 Å². The summed E-state index contributed by atoms with van der Waals surface area (Å²) in [6, 6.07) is 0. The van der Waals surface area contributed by atoms with Crippen molar-refractivity contribution < 1.29 is 24.4 Å². The van der Waals surface area contributed by atoms with Gasteiger partial charge in [-0.1, -0.05) is 70.9 Å². The van der Waals surface area contributed by atoms with Gasteiger partial charge < -0.3 is 9.47 Å². The second-order valence-electron chi connectivity index (χ2n) is 7.85. The van der Waals surface area contributed by atoms with Crippen molar-refractivity contribution in [3.8, 4) is 0 Å². The first kappa shape index (κ1) is 28.1. The lowest BCUT2D eigenvalue weighted by molar-refractivity contribution is -0.273. The third-order valence-electron chi connectivity index (χ3n) is 5.41. The van der Waals surface area contributed by atoms with Crippen molar-refractivity contribution in [2.24, 2.45) is 0 Å². The van der Waals surface area contributed by atoms with Crippen LogP contribution >= 0.6 is 0 Å². The minimum absolute atomic E-state index is 0.436. The predicted octanol–water partition coefficient (Wildman–Crippen LogP) is 7.20. The van der Waals surface area contributed by atoms with E-state index in [1.165, 1.54) is 44.9 Å². The zero-order chi connectivity index (χ0) is 21.8. The van der Waals surface area contributed by atoms with Crippen LogP contribution in [0.2, 0.25) is 0 Å². The van der Waals surface area contributed by atoms with Gasteiger partial charge in [0.2, 0.25) is 0 Å². The Hall–Kier alpha value is -0.910. The molecule has 29 heavy (non-hydrogen) atoms. The lowest BCUT2D eigenvalue weighted by atomic mass is 9.92. The summed E-state index contributed by atoms with van der Waals surface area (Å²) in [4.78, 5) is 16.1. The summed E-state index contributed by atoms with van der Waals surface area (Å²) < 4.78 is 11.2. The molecule has 2 unspecified atom stereocenters. The summed E-state index contributed by atoms with van der Waals surface area (Å²) in [6.07, 6.45) is 19.6. The smallest absolute Gasteiger partial charge is 0.353 e. The Balaban J connectivity index is 3.97. The molecule has 5 nitrogen and oxygen atoms in total. The fourth-order valence-corrected chi connectivity index (χ4v) is 3.59. The van der Waals surface area contributed by atoms with E-state index in [-0.39, 0.29) is 0 Å². The molecule has 0 fully saturated rings. The lowest BCUT2D eigenvalue weighted by Crippen LogP contribution is -2.45. The van der Waals surface area contributed by atoms with Crippen LogP contribution in [0.15, 0.2) is 12.2 Å². The van der Waals surface area contributed by atoms with Crippen LogP contribution < -0.4 is 0 Å². The first-order valence-electron chi connectivity index (χ1n) is 11.9. The molecule has 2 atom stereocenters. The molecule has 0 rings (SSSR count). The molecule has 0 amide bonds. The number of carbonyl (C=O) groups is 1. The Labute approximate surface area is 179 Å². The lowest BCUT2D eigenvalue weighted by Gasteiger charge is -2.32. The van der Waals surface area contributed by atoms with Gasteiger partial charge in [0, 0.05) is 6.61 Å². The quantitative estimate of drug-likeness (QED) is 0.0750. The number of hydrogen-bond donors (Lipinski definition) is 1. The normalized spacial score (nSPS) is 14.8. The van der Waals surface area contributed by atoms with E-state index in [1.807, 2.05) is 13.8 Å². The van der Waals surface area contributed by atoms with Crippen LogP contribution in [-0.4, -0.2) is 29.7 Å². The van der Waals surface area contributed by atoms with Crippen LogP contribution in [0.1, 0.15) is 118 Å². The molecule has 0 heterocycles. The van der Waals surface area contributed by atoms with Gasteiger partial charge in [0.25, 0.3) is 0 Å². The van der Waals surface area contributed by atoms with Crippen molar-refractivity contribution in [2.45, 2.75) is 129 Å². The second-order valence-corrected chi connectivity index (χ2v) is 7.85. The van der Waals surface area contributed by atoms with Gasteiger partial charge in [-0.05, 0) is 58.8 Å². The summed E-state index contributed by atoms with van der Waals surface area (Å²) in [5, 5.41) is 8.88. The number of allylic oxidation sites excluding steroid dienone is 2. The summed E-state index contributed by atoms with van der Waals surface area (Å²) in [5.74, 6) is -0.732. The van der Waals surface area contributed by atoms with Crippen LogP contribution in [0.25, 0.3) is 0 Å². The summed E-state index contributed by atoms with van der Waals surface area (Å²) in [7, 11) is 0. The molecular formula is C24H46O5. The monoisotopic (exact) mass is 414 g/mol. The van der Waals surface area contributed by atoms with Crippen molar-refractivity contribution in [1.29, 1.82) is 0 Å². The molecule has 0 spiro atoms. The highest BCUT2D eigenvalue weighted by molar-refractivity contribution is 5.78. The fraction of sp³-hybridized carbons (Fsp3) is 0.875. The van der Waals surface area contributed by atoms with E-state index >= 15 is 0 Å². The standard InChI is InChI=1S/C24H46O5/c1-5-8-9-10-11-12-13-14-15-16-17-18-19-20-21-24(6-2,23(25)29-26)28-22(4)27-7-3/h14-15,22,26H,5-13,16-21H2,1-4H3. The highest BCUT2D eigenvalue weighted by Gasteiger charge is 2.41. The molecule has 0 aromatic carbocycles. The highest BCUT2D eigenvalue weighted by Crippen LogP contribution is 2.28. The average Bonchev–Trinajstić information content (AvgIpc) is 2.72. The van der Waals surface area contributed by atoms with Gasteiger partial charge in [-0.25, -0.2) is 4.79 Å². The van der Waals surface area contributed by atoms with Crippen molar-refractivity contribution in [3.63, 3.8) is 0 Å². The number of unbranched alkanes of at least 4 members (excludes halogenated alkanes) is 10. The Morgan fingerprint density at radius 2 is 1.45 bits per heavy atom. The van der Waals surface area contributed by atoms with E-state index < -0.39 is 17.9 Å². The topological polar surface area (TPSA) is 65.0 Å². The first-order chi connectivity index (χ1) is 14.1. The number of rotatable bonds is 20. The molecule has 0 saturated heterocycles. The van der Waals surface area contributed by atoms with Crippen LogP contribution in [0.4, 0.5) is 0 Å². The molecule has 1 N–H and O–H groups in total. The second kappa shape index (κ2) is 19.1. The van der Waals surface area contributed by atoms with Crippen molar-refractivity contribution in [3.05, 3.63) is 12.2 Å². The molecule has 0 aromatic rings. The average molecular weight is 415 g/mol. The van der Waals surface area contributed by atoms with Crippen LogP contribution in [0, 0.1) is 0 Å². The Kier molecular flexibility index (Phi) is 18.5. The van der Waals surface area contributed by atoms with Gasteiger partial charge in [0.1, 0.15) is 0 Å². The molecule has 0 aliphatic carbocycles. The molecule has 5 heteroatoms. The third kappa shape index (κ3) is 13.8. The molecule has 0 bridgehead atoms. The van der Waals surface area contributed by atoms with Gasteiger partial charge in [-0.3, -0.25) is 4.89 Å². The largest absolute Gasteiger partial charge is 0.373 e. The molecule has 0 aliphatic rings. The third-order valence-corrected chi connectivity index (χ3v) is 5.41. The van der Waals surface area contributed by atoms with E-state index in [1.54, 1.807) is 6.92 Å². The van der Waals surface area contributed by atoms with Gasteiger partial charge >= 0.3 is 5.97 Å². The maximum absolute atomic E-state index is 12.1. The molecule has 0 saturated carbocycles. The zero-order valence-electron chi connectivity index (χ0n) is 19.4. The van der Waals surface area contributed by atoms with E-state index in [4.69, 9.17) is 14.7 Å². The van der Waals surface area contributed by atoms with E-state index in [9.17, 15) is 4.79 Å². The molecule has 172 valence electrons. The van der Waals surface area contributed by atoms with Crippen molar-refractivity contribution in [2.75, 3.05) is 6.61 Å². The maximum Gasteiger partial charge on any atom is 0.373 e. The Morgan fingerprint density at radius 3 is 1.97 bits per heavy atom. The SMILES string of the molecule is CCCCCCCCC=CCCCCCCC(CC)(OC(C)OCC)C(=O)OO. The summed E-state index contributed by atoms with van der Waals surface area (Å²) >= 11 is 0. The number of ether oxygens (including phenoxy) is 2. The fourth-order valence-electron chi connectivity index (χ4n) is 3.59. The van der Waals surface area contributed by atoms with E-state index in [0.29, 0.717) is 19.4 Å². The highest BCUT2D eigenvalue weighted by atomic mass is 17.1. The first-order valence-corrected chi connectivity index (χ1v) is 11.9. The Bertz CT molecular complexity index is 410. The zero-order valence-corrected chi connectivity index (χ0v) is 19.4. The molecule has 0 aliphatic heterocycles. The van der Waals surface area contributed by atoms with Gasteiger partial charge in [0.05, 0.1) is 0 Å². The summed E-state index contributed by atoms with van der Waals surface area (Å²) in [5.41, 5.74) is -1.14. The molecule has 0 aromatic heterocycles. The maximum atomic E-state index is 12.1. The molecule has 0 radical (unpaired) electrons. The van der Waals surface area contributed by atoms with E-state index in [0.717, 1.165) is 32.1 Å². The molecular weight excluding hydrogens is 368 g/mol. The van der Waals surface area contributed by atoms with Crippen molar-refractivity contribution in [1.82, 2.24) is 0 Å². The number of carbonyl (C=O) groups excluding carboxylic acids is 1. The van der Waals surface area contributed by atoms with E-state index in [2.05, 4.69) is 24.0 Å². The predicted molar refractivity (Wildman–Crippen MR) is 119 cm³/mol. The van der Waals surface area contributed by atoms with Crippen molar-refractivity contribution >= 4 is 5.97 Å². The minimum atomic E-state index is -1.14. The van der Waals surface area contributed by atoms with Gasteiger partial charge in [-0.15, -0.1) is 0 Å². The van der Waals surface area contributed by atoms with Crippen LogP contribution in [-0.2, 0) is 19.2 Å². The van der Waals surface area contributed by atoms with Gasteiger partial charge in [0.15, 0.2) is 11.9 Å². The van der Waals surface area contributed by atoms with Crippen LogP contribution in [0.3, 0.4) is 0 Å². The number of hydrogen-bond acceptors (Lipinski definition) is 5. The summed E-state index contributed by atoms with van der Waals surface area (Å²) in [6.45, 7) is 8.25. The Morgan fingerprint density at radius 1 is 0.897 bits per heavy atom. The van der Waals surface area contributed by atoms with Gasteiger partial charge in [-0.2, -0.15) is 5.26 Å².